The molecule has 0 atom stereocenters. The second-order valence-electron chi connectivity index (χ2n) is 3.40. The van der Waals surface area contributed by atoms with Crippen LogP contribution in [0.15, 0.2) is 24.3 Å². The van der Waals surface area contributed by atoms with Crippen molar-refractivity contribution in [3.63, 3.8) is 0 Å². The second kappa shape index (κ2) is 6.18. The minimum atomic E-state index is 0.185. The molecule has 3 heteroatoms. The number of benzene rings is 1. The molecule has 0 spiro atoms. The number of nitriles is 1. The molecule has 15 heavy (non-hydrogen) atoms. The van der Waals surface area contributed by atoms with Crippen LogP contribution in [0.2, 0.25) is 0 Å². The van der Waals surface area contributed by atoms with Gasteiger partial charge in [-0.1, -0.05) is 19.1 Å². The Morgan fingerprint density at radius 1 is 1.33 bits per heavy atom. The Kier molecular flexibility index (Phi) is 4.82. The first-order chi connectivity index (χ1) is 7.30. The van der Waals surface area contributed by atoms with Crippen LogP contribution < -0.4 is 0 Å². The van der Waals surface area contributed by atoms with Crippen molar-refractivity contribution in [2.24, 2.45) is 0 Å². The van der Waals surface area contributed by atoms with E-state index < -0.39 is 0 Å². The van der Waals surface area contributed by atoms with Gasteiger partial charge in [0, 0.05) is 13.1 Å². The number of nitrogens with zero attached hydrogens (tertiary/aromatic N) is 2. The van der Waals surface area contributed by atoms with Crippen LogP contribution >= 0.6 is 0 Å². The van der Waals surface area contributed by atoms with E-state index >= 15 is 0 Å². The highest BCUT2D eigenvalue weighted by Crippen LogP contribution is 2.06. The summed E-state index contributed by atoms with van der Waals surface area (Å²) in [6.45, 7) is 4.68. The van der Waals surface area contributed by atoms with Gasteiger partial charge in [-0.15, -0.1) is 0 Å². The minimum Gasteiger partial charge on any atom is -0.395 e. The molecule has 0 fully saturated rings. The summed E-state index contributed by atoms with van der Waals surface area (Å²) in [6.07, 6.45) is 0. The van der Waals surface area contributed by atoms with E-state index in [0.717, 1.165) is 13.1 Å². The maximum absolute atomic E-state index is 8.84. The molecule has 0 aromatic heterocycles. The van der Waals surface area contributed by atoms with Crippen molar-refractivity contribution < 1.29 is 5.11 Å². The smallest absolute Gasteiger partial charge is 0.0991 e. The van der Waals surface area contributed by atoms with Gasteiger partial charge >= 0.3 is 0 Å². The quantitative estimate of drug-likeness (QED) is 0.788. The lowest BCUT2D eigenvalue weighted by atomic mass is 10.1. The van der Waals surface area contributed by atoms with Crippen LogP contribution in [-0.4, -0.2) is 29.7 Å². The number of hydrogen-bond donors (Lipinski definition) is 1. The number of rotatable bonds is 5. The zero-order valence-corrected chi connectivity index (χ0v) is 8.98. The predicted molar refractivity (Wildman–Crippen MR) is 59.2 cm³/mol. The molecule has 1 aromatic rings. The molecular weight excluding hydrogens is 188 g/mol. The average Bonchev–Trinajstić information content (AvgIpc) is 2.29. The standard InChI is InChI=1S/C12H16N2O/c1-2-14(7-8-15)10-12-5-3-11(9-13)4-6-12/h3-6,15H,2,7-8,10H2,1H3. The summed E-state index contributed by atoms with van der Waals surface area (Å²) in [5, 5.41) is 17.5. The fraction of sp³-hybridized carbons (Fsp3) is 0.417. The number of aliphatic hydroxyl groups is 1. The van der Waals surface area contributed by atoms with Gasteiger partial charge in [0.1, 0.15) is 0 Å². The van der Waals surface area contributed by atoms with Gasteiger partial charge < -0.3 is 5.11 Å². The van der Waals surface area contributed by atoms with E-state index in [4.69, 9.17) is 10.4 Å². The van der Waals surface area contributed by atoms with Crippen LogP contribution in [0, 0.1) is 11.3 Å². The van der Waals surface area contributed by atoms with Gasteiger partial charge in [-0.25, -0.2) is 0 Å². The summed E-state index contributed by atoms with van der Waals surface area (Å²) in [5.74, 6) is 0. The molecule has 0 saturated heterocycles. The molecule has 1 aromatic carbocycles. The third kappa shape index (κ3) is 3.70. The van der Waals surface area contributed by atoms with Crippen molar-refractivity contribution in [1.82, 2.24) is 4.90 Å². The van der Waals surface area contributed by atoms with Crippen molar-refractivity contribution in [2.45, 2.75) is 13.5 Å². The highest BCUT2D eigenvalue weighted by molar-refractivity contribution is 5.31. The molecule has 0 aliphatic carbocycles. The molecular formula is C12H16N2O. The number of likely N-dealkylation sites (N-methyl/N-ethyl adjacent to an activating group) is 1. The normalized spacial score (nSPS) is 10.3. The Hall–Kier alpha value is -1.37. The maximum atomic E-state index is 8.84. The first-order valence-electron chi connectivity index (χ1n) is 5.12. The van der Waals surface area contributed by atoms with Crippen LogP contribution in [0.1, 0.15) is 18.1 Å². The summed E-state index contributed by atoms with van der Waals surface area (Å²) < 4.78 is 0. The lowest BCUT2D eigenvalue weighted by molar-refractivity contribution is 0.197. The largest absolute Gasteiger partial charge is 0.395 e. The summed E-state index contributed by atoms with van der Waals surface area (Å²) in [5.41, 5.74) is 1.85. The molecule has 0 saturated carbocycles. The van der Waals surface area contributed by atoms with E-state index in [1.54, 1.807) is 0 Å². The molecule has 0 amide bonds. The fourth-order valence-corrected chi connectivity index (χ4v) is 1.43. The van der Waals surface area contributed by atoms with Gasteiger partial charge in [0.15, 0.2) is 0 Å². The van der Waals surface area contributed by atoms with E-state index in [9.17, 15) is 0 Å². The third-order valence-electron chi connectivity index (χ3n) is 2.35. The zero-order valence-electron chi connectivity index (χ0n) is 8.98. The minimum absolute atomic E-state index is 0.185. The van der Waals surface area contributed by atoms with Crippen LogP contribution in [0.5, 0.6) is 0 Å². The maximum Gasteiger partial charge on any atom is 0.0991 e. The molecule has 0 aliphatic rings. The number of hydrogen-bond acceptors (Lipinski definition) is 3. The molecule has 3 nitrogen and oxygen atoms in total. The third-order valence-corrected chi connectivity index (χ3v) is 2.35. The zero-order chi connectivity index (χ0) is 11.1. The van der Waals surface area contributed by atoms with Crippen LogP contribution in [0.3, 0.4) is 0 Å². The Labute approximate surface area is 90.6 Å². The van der Waals surface area contributed by atoms with Crippen molar-refractivity contribution in [3.05, 3.63) is 35.4 Å². The van der Waals surface area contributed by atoms with Crippen LogP contribution in [0.4, 0.5) is 0 Å². The van der Waals surface area contributed by atoms with Gasteiger partial charge in [0.2, 0.25) is 0 Å². The van der Waals surface area contributed by atoms with Gasteiger partial charge in [0.05, 0.1) is 18.2 Å². The van der Waals surface area contributed by atoms with Gasteiger partial charge in [-0.2, -0.15) is 5.26 Å². The first kappa shape index (κ1) is 11.7. The Morgan fingerprint density at radius 3 is 2.47 bits per heavy atom. The highest BCUT2D eigenvalue weighted by atomic mass is 16.3. The molecule has 0 unspecified atom stereocenters. The first-order valence-corrected chi connectivity index (χ1v) is 5.12. The average molecular weight is 204 g/mol. The molecule has 0 radical (unpaired) electrons. The molecule has 0 aliphatic heterocycles. The lowest BCUT2D eigenvalue weighted by Crippen LogP contribution is -2.25. The molecule has 0 heterocycles. The summed E-state index contributed by atoms with van der Waals surface area (Å²) in [4.78, 5) is 2.15. The Balaban J connectivity index is 2.59. The fourth-order valence-electron chi connectivity index (χ4n) is 1.43. The van der Waals surface area contributed by atoms with E-state index in [1.165, 1.54) is 5.56 Å². The predicted octanol–water partition coefficient (Wildman–Crippen LogP) is 1.37. The topological polar surface area (TPSA) is 47.3 Å². The number of aliphatic hydroxyl groups excluding tert-OH is 1. The Bertz CT molecular complexity index is 326. The molecule has 80 valence electrons. The van der Waals surface area contributed by atoms with E-state index in [2.05, 4.69) is 17.9 Å². The monoisotopic (exact) mass is 204 g/mol. The molecule has 1 rings (SSSR count). The van der Waals surface area contributed by atoms with Crippen LogP contribution in [-0.2, 0) is 6.54 Å². The SMILES string of the molecule is CCN(CCO)Cc1ccc(C#N)cc1. The van der Waals surface area contributed by atoms with Crippen molar-refractivity contribution in [2.75, 3.05) is 19.7 Å². The summed E-state index contributed by atoms with van der Waals surface area (Å²) >= 11 is 0. The van der Waals surface area contributed by atoms with Gasteiger partial charge in [-0.3, -0.25) is 4.90 Å². The second-order valence-corrected chi connectivity index (χ2v) is 3.40. The lowest BCUT2D eigenvalue weighted by Gasteiger charge is -2.18. The van der Waals surface area contributed by atoms with E-state index in [0.29, 0.717) is 12.1 Å². The van der Waals surface area contributed by atoms with Gasteiger partial charge in [-0.05, 0) is 24.2 Å². The summed E-state index contributed by atoms with van der Waals surface area (Å²) in [6, 6.07) is 9.65. The highest BCUT2D eigenvalue weighted by Gasteiger charge is 2.02. The van der Waals surface area contributed by atoms with E-state index in [1.807, 2.05) is 24.3 Å². The van der Waals surface area contributed by atoms with Crippen molar-refractivity contribution >= 4 is 0 Å². The Morgan fingerprint density at radius 2 is 2.00 bits per heavy atom. The summed E-state index contributed by atoms with van der Waals surface area (Å²) in [7, 11) is 0. The molecule has 1 N–H and O–H groups in total. The van der Waals surface area contributed by atoms with Crippen molar-refractivity contribution in [3.8, 4) is 6.07 Å². The van der Waals surface area contributed by atoms with Crippen LogP contribution in [0.25, 0.3) is 0 Å². The van der Waals surface area contributed by atoms with E-state index in [-0.39, 0.29) is 6.61 Å². The van der Waals surface area contributed by atoms with Gasteiger partial charge in [0.25, 0.3) is 0 Å². The van der Waals surface area contributed by atoms with Crippen molar-refractivity contribution in [1.29, 1.82) is 5.26 Å². The molecule has 0 bridgehead atoms.